The number of aromatic nitrogens is 4. The highest BCUT2D eigenvalue weighted by molar-refractivity contribution is 7.99. The van der Waals surface area contributed by atoms with Crippen molar-refractivity contribution in [3.63, 3.8) is 0 Å². The van der Waals surface area contributed by atoms with Crippen LogP contribution < -0.4 is 5.69 Å². The van der Waals surface area contributed by atoms with Crippen LogP contribution in [-0.2, 0) is 14.1 Å². The Balaban J connectivity index is 1.82. The van der Waals surface area contributed by atoms with E-state index in [9.17, 15) is 4.79 Å². The van der Waals surface area contributed by atoms with Crippen LogP contribution in [0.2, 0.25) is 0 Å². The summed E-state index contributed by atoms with van der Waals surface area (Å²) in [6, 6.07) is 0. The maximum absolute atomic E-state index is 12.0. The number of H-pyrrole nitrogens is 1. The number of aromatic amines is 1. The number of aryl methyl sites for hydroxylation is 1. The fourth-order valence-corrected chi connectivity index (χ4v) is 3.87. The van der Waals surface area contributed by atoms with Crippen LogP contribution in [-0.4, -0.2) is 24.9 Å². The van der Waals surface area contributed by atoms with Crippen molar-refractivity contribution in [2.45, 2.75) is 63.4 Å². The third kappa shape index (κ3) is 4.72. The van der Waals surface area contributed by atoms with Gasteiger partial charge in [-0.25, -0.2) is 9.78 Å². The van der Waals surface area contributed by atoms with Crippen molar-refractivity contribution in [1.82, 2.24) is 19.1 Å². The van der Waals surface area contributed by atoms with Gasteiger partial charge in [0.1, 0.15) is 10.2 Å². The minimum Gasteiger partial charge on any atom is -0.329 e. The molecule has 0 spiro atoms. The average molecular weight is 369 g/mol. The number of fused-ring (bicyclic) bond motifs is 1. The minimum atomic E-state index is -0.140. The third-order valence-corrected chi connectivity index (χ3v) is 5.75. The maximum Gasteiger partial charge on any atom is 0.330 e. The molecule has 2 aromatic heterocycles. The average Bonchev–Trinajstić information content (AvgIpc) is 3.01. The van der Waals surface area contributed by atoms with E-state index >= 15 is 0 Å². The molecule has 7 heteroatoms. The summed E-state index contributed by atoms with van der Waals surface area (Å²) in [6.45, 7) is 2.25. The predicted molar refractivity (Wildman–Crippen MR) is 104 cm³/mol. The monoisotopic (exact) mass is 368 g/mol. The van der Waals surface area contributed by atoms with E-state index in [1.807, 2.05) is 0 Å². The van der Waals surface area contributed by atoms with Gasteiger partial charge in [-0.15, -0.1) is 0 Å². The fraction of sp³-hybridized carbons (Fsp3) is 0.706. The van der Waals surface area contributed by atoms with Crippen LogP contribution in [0.25, 0.3) is 11.2 Å². The van der Waals surface area contributed by atoms with E-state index < -0.39 is 0 Å². The summed E-state index contributed by atoms with van der Waals surface area (Å²) in [5.74, 6) is 1.04. The molecule has 24 heavy (non-hydrogen) atoms. The lowest BCUT2D eigenvalue weighted by molar-refractivity contribution is 0.586. The van der Waals surface area contributed by atoms with E-state index in [1.54, 1.807) is 30.4 Å². The lowest BCUT2D eigenvalue weighted by Crippen LogP contribution is -2.27. The molecule has 0 aliphatic rings. The van der Waals surface area contributed by atoms with Crippen LogP contribution in [0.15, 0.2) is 9.95 Å². The molecule has 0 saturated carbocycles. The number of nitrogens with zero attached hydrogens (tertiary/aromatic N) is 3. The summed E-state index contributed by atoms with van der Waals surface area (Å²) in [6.07, 6.45) is 10.6. The molecule has 2 rings (SSSR count). The molecular formula is C17H28N4OS2. The quantitative estimate of drug-likeness (QED) is 0.379. The number of unbranched alkanes of at least 4 members (excludes halogenated alkanes) is 7. The first-order valence-corrected chi connectivity index (χ1v) is 10.2. The Morgan fingerprint density at radius 1 is 1.04 bits per heavy atom. The SMILES string of the molecule is CCCCCCCCCCSc1nc2c([nH]1)c(=S)n(C)c(=O)n2C. The second-order valence-electron chi connectivity index (χ2n) is 6.27. The lowest BCUT2D eigenvalue weighted by Gasteiger charge is -2.02. The molecule has 2 heterocycles. The first kappa shape index (κ1) is 19.2. The zero-order chi connectivity index (χ0) is 17.5. The number of thioether (sulfide) groups is 1. The van der Waals surface area contributed by atoms with E-state index in [1.165, 1.54) is 55.9 Å². The Kier molecular flexibility index (Phi) is 7.55. The van der Waals surface area contributed by atoms with Crippen molar-refractivity contribution in [3.8, 4) is 0 Å². The van der Waals surface area contributed by atoms with Gasteiger partial charge in [0.05, 0.1) is 0 Å². The molecule has 134 valence electrons. The zero-order valence-corrected chi connectivity index (χ0v) is 16.6. The highest BCUT2D eigenvalue weighted by atomic mass is 32.2. The van der Waals surface area contributed by atoms with Gasteiger partial charge >= 0.3 is 5.69 Å². The van der Waals surface area contributed by atoms with Gasteiger partial charge < -0.3 is 4.98 Å². The van der Waals surface area contributed by atoms with Crippen LogP contribution in [0, 0.1) is 4.64 Å². The molecule has 0 fully saturated rings. The normalized spacial score (nSPS) is 11.5. The minimum absolute atomic E-state index is 0.140. The number of hydrogen-bond donors (Lipinski definition) is 1. The van der Waals surface area contributed by atoms with Gasteiger partial charge in [0.25, 0.3) is 0 Å². The van der Waals surface area contributed by atoms with Crippen LogP contribution >= 0.6 is 24.0 Å². The highest BCUT2D eigenvalue weighted by Gasteiger charge is 2.11. The first-order chi connectivity index (χ1) is 11.6. The molecule has 0 saturated heterocycles. The van der Waals surface area contributed by atoms with E-state index in [0.717, 1.165) is 16.4 Å². The van der Waals surface area contributed by atoms with E-state index in [0.29, 0.717) is 10.3 Å². The number of imidazole rings is 1. The smallest absolute Gasteiger partial charge is 0.329 e. The largest absolute Gasteiger partial charge is 0.330 e. The lowest BCUT2D eigenvalue weighted by atomic mass is 10.1. The highest BCUT2D eigenvalue weighted by Crippen LogP contribution is 2.20. The molecule has 0 amide bonds. The Labute approximate surface area is 152 Å². The van der Waals surface area contributed by atoms with Crippen molar-refractivity contribution in [3.05, 3.63) is 15.1 Å². The molecule has 2 aromatic rings. The molecule has 0 unspecified atom stereocenters. The predicted octanol–water partition coefficient (Wildman–Crippen LogP) is 4.56. The number of rotatable bonds is 10. The molecule has 0 aliphatic carbocycles. The molecule has 0 radical (unpaired) electrons. The number of hydrogen-bond acceptors (Lipinski definition) is 4. The van der Waals surface area contributed by atoms with E-state index in [-0.39, 0.29) is 5.69 Å². The second-order valence-corrected chi connectivity index (χ2v) is 7.74. The molecule has 0 bridgehead atoms. The summed E-state index contributed by atoms with van der Waals surface area (Å²) in [5, 5.41) is 0.847. The second kappa shape index (κ2) is 9.42. The Bertz CT molecular complexity index is 775. The molecule has 5 nitrogen and oxygen atoms in total. The van der Waals surface area contributed by atoms with Gasteiger partial charge in [0, 0.05) is 19.8 Å². The van der Waals surface area contributed by atoms with Crippen LogP contribution in [0.4, 0.5) is 0 Å². The summed E-state index contributed by atoms with van der Waals surface area (Å²) in [4.78, 5) is 19.8. The number of nitrogens with one attached hydrogen (secondary N) is 1. The Morgan fingerprint density at radius 2 is 1.67 bits per heavy atom. The maximum atomic E-state index is 12.0. The van der Waals surface area contributed by atoms with Crippen molar-refractivity contribution >= 4 is 35.1 Å². The van der Waals surface area contributed by atoms with Crippen LogP contribution in [0.1, 0.15) is 58.3 Å². The summed E-state index contributed by atoms with van der Waals surface area (Å²) in [7, 11) is 3.42. The zero-order valence-electron chi connectivity index (χ0n) is 14.9. The van der Waals surface area contributed by atoms with Gasteiger partial charge in [0.15, 0.2) is 10.8 Å². The van der Waals surface area contributed by atoms with E-state index in [2.05, 4.69) is 16.9 Å². The summed E-state index contributed by atoms with van der Waals surface area (Å²) < 4.78 is 3.53. The first-order valence-electron chi connectivity index (χ1n) is 8.84. The van der Waals surface area contributed by atoms with Gasteiger partial charge in [-0.1, -0.05) is 75.8 Å². The molecular weight excluding hydrogens is 340 g/mol. The third-order valence-electron chi connectivity index (χ3n) is 4.31. The van der Waals surface area contributed by atoms with Crippen molar-refractivity contribution in [1.29, 1.82) is 0 Å². The summed E-state index contributed by atoms with van der Waals surface area (Å²) >= 11 is 7.05. The van der Waals surface area contributed by atoms with Gasteiger partial charge in [-0.2, -0.15) is 0 Å². The van der Waals surface area contributed by atoms with Crippen molar-refractivity contribution in [2.24, 2.45) is 14.1 Å². The summed E-state index contributed by atoms with van der Waals surface area (Å²) in [5.41, 5.74) is 1.27. The Hall–Kier alpha value is -1.08. The molecule has 1 N–H and O–H groups in total. The molecule has 0 aliphatic heterocycles. The van der Waals surface area contributed by atoms with Gasteiger partial charge in [-0.05, 0) is 6.42 Å². The van der Waals surface area contributed by atoms with Gasteiger partial charge in [-0.3, -0.25) is 9.13 Å². The molecule has 0 atom stereocenters. The van der Waals surface area contributed by atoms with Crippen molar-refractivity contribution in [2.75, 3.05) is 5.75 Å². The fourth-order valence-electron chi connectivity index (χ4n) is 2.78. The Morgan fingerprint density at radius 3 is 2.33 bits per heavy atom. The van der Waals surface area contributed by atoms with Crippen LogP contribution in [0.5, 0.6) is 0 Å². The topological polar surface area (TPSA) is 55.6 Å². The molecule has 0 aromatic carbocycles. The van der Waals surface area contributed by atoms with Crippen molar-refractivity contribution < 1.29 is 0 Å². The van der Waals surface area contributed by atoms with Crippen LogP contribution in [0.3, 0.4) is 0 Å². The van der Waals surface area contributed by atoms with Gasteiger partial charge in [0.2, 0.25) is 0 Å². The standard InChI is InChI=1S/C17H28N4OS2/c1-4-5-6-7-8-9-10-11-12-24-16-18-13-14(19-16)20(2)17(22)21(3)15(13)23/h4-12H2,1-3H3,(H,18,19). The van der Waals surface area contributed by atoms with E-state index in [4.69, 9.17) is 12.2 Å².